The second kappa shape index (κ2) is 8.66. The Hall–Kier alpha value is -1.95. The molecule has 2 aromatic rings. The lowest BCUT2D eigenvalue weighted by molar-refractivity contribution is -0.125. The van der Waals surface area contributed by atoms with Crippen LogP contribution in [-0.2, 0) is 17.6 Å². The molecule has 0 spiro atoms. The van der Waals surface area contributed by atoms with Crippen LogP contribution < -0.4 is 10.2 Å². The monoisotopic (exact) mass is 409 g/mol. The number of Topliss-reactive ketones (excluding diaryl/α,β-unsaturated/α-hetero) is 1. The van der Waals surface area contributed by atoms with Crippen LogP contribution in [0.3, 0.4) is 0 Å². The van der Waals surface area contributed by atoms with E-state index >= 15 is 0 Å². The van der Waals surface area contributed by atoms with Crippen molar-refractivity contribution in [2.45, 2.75) is 64.7 Å². The Morgan fingerprint density at radius 1 is 1.20 bits per heavy atom. The van der Waals surface area contributed by atoms with Crippen LogP contribution in [0.15, 0.2) is 12.3 Å². The number of nitrogens with zero attached hydrogens (tertiary/aromatic N) is 4. The molecule has 3 aliphatic rings. The van der Waals surface area contributed by atoms with E-state index in [2.05, 4.69) is 22.2 Å². The summed E-state index contributed by atoms with van der Waals surface area (Å²) in [4.78, 5) is 20.3. The molecule has 4 heterocycles. The van der Waals surface area contributed by atoms with Crippen LogP contribution in [0.5, 0.6) is 0 Å². The zero-order chi connectivity index (χ0) is 20.5. The highest BCUT2D eigenvalue weighted by atomic mass is 16.1. The van der Waals surface area contributed by atoms with Crippen molar-refractivity contribution in [3.8, 4) is 0 Å². The van der Waals surface area contributed by atoms with Gasteiger partial charge in [0.05, 0.1) is 17.8 Å². The minimum absolute atomic E-state index is 0.181. The molecule has 6 heteroatoms. The van der Waals surface area contributed by atoms with E-state index in [1.54, 1.807) is 0 Å². The average molecular weight is 410 g/mol. The molecule has 0 amide bonds. The highest BCUT2D eigenvalue weighted by molar-refractivity contribution is 5.84. The maximum atomic E-state index is 13.1. The first-order valence-electron chi connectivity index (χ1n) is 12.1. The van der Waals surface area contributed by atoms with E-state index in [-0.39, 0.29) is 5.92 Å². The lowest BCUT2D eigenvalue weighted by Gasteiger charge is -2.42. The fraction of sp³-hybridized carbons (Fsp3) is 0.708. The molecule has 0 radical (unpaired) electrons. The quantitative estimate of drug-likeness (QED) is 0.792. The molecule has 0 aromatic carbocycles. The second-order valence-corrected chi connectivity index (χ2v) is 9.55. The zero-order valence-electron chi connectivity index (χ0n) is 18.3. The molecule has 1 saturated carbocycles. The van der Waals surface area contributed by atoms with Gasteiger partial charge in [0.1, 0.15) is 11.6 Å². The Kier molecular flexibility index (Phi) is 5.77. The first kappa shape index (κ1) is 20.0. The van der Waals surface area contributed by atoms with Crippen LogP contribution in [0.25, 0.3) is 5.65 Å². The molecule has 30 heavy (non-hydrogen) atoms. The third kappa shape index (κ3) is 3.75. The van der Waals surface area contributed by atoms with Gasteiger partial charge < -0.3 is 10.2 Å². The maximum Gasteiger partial charge on any atom is 0.157 e. The fourth-order valence-corrected chi connectivity index (χ4v) is 5.87. The van der Waals surface area contributed by atoms with Crippen molar-refractivity contribution < 1.29 is 4.79 Å². The summed E-state index contributed by atoms with van der Waals surface area (Å²) >= 11 is 0. The highest BCUT2D eigenvalue weighted by Crippen LogP contribution is 2.36. The van der Waals surface area contributed by atoms with E-state index in [0.29, 0.717) is 11.7 Å². The van der Waals surface area contributed by atoms with E-state index in [9.17, 15) is 4.79 Å². The largest absolute Gasteiger partial charge is 0.355 e. The lowest BCUT2D eigenvalue weighted by atomic mass is 9.75. The summed E-state index contributed by atoms with van der Waals surface area (Å²) in [6.45, 7) is 5.89. The molecule has 1 saturated heterocycles. The zero-order valence-corrected chi connectivity index (χ0v) is 18.3. The van der Waals surface area contributed by atoms with E-state index < -0.39 is 0 Å². The number of anilines is 1. The summed E-state index contributed by atoms with van der Waals surface area (Å²) in [6.07, 6.45) is 12.5. The number of ketones is 1. The number of hydrogen-bond donors (Lipinski definition) is 1. The maximum absolute atomic E-state index is 13.1. The van der Waals surface area contributed by atoms with Crippen LogP contribution in [0.1, 0.15) is 63.1 Å². The predicted molar refractivity (Wildman–Crippen MR) is 119 cm³/mol. The van der Waals surface area contributed by atoms with Gasteiger partial charge in [-0.1, -0.05) is 45.4 Å². The Morgan fingerprint density at radius 2 is 2.00 bits per heavy atom. The van der Waals surface area contributed by atoms with Crippen LogP contribution in [0, 0.1) is 17.8 Å². The van der Waals surface area contributed by atoms with E-state index in [1.807, 2.05) is 16.8 Å². The second-order valence-electron chi connectivity index (χ2n) is 9.55. The molecule has 2 aromatic heterocycles. The van der Waals surface area contributed by atoms with Gasteiger partial charge in [-0.25, -0.2) is 4.98 Å². The summed E-state index contributed by atoms with van der Waals surface area (Å²) < 4.78 is 1.99. The first-order chi connectivity index (χ1) is 14.7. The summed E-state index contributed by atoms with van der Waals surface area (Å²) in [5.41, 5.74) is 3.43. The summed E-state index contributed by atoms with van der Waals surface area (Å²) in [5.74, 6) is 3.21. The number of aromatic nitrogens is 3. The smallest absolute Gasteiger partial charge is 0.157 e. The summed E-state index contributed by atoms with van der Waals surface area (Å²) in [7, 11) is 0. The van der Waals surface area contributed by atoms with Crippen molar-refractivity contribution in [1.29, 1.82) is 0 Å². The van der Waals surface area contributed by atoms with E-state index in [4.69, 9.17) is 4.98 Å². The van der Waals surface area contributed by atoms with Crippen molar-refractivity contribution in [1.82, 2.24) is 19.9 Å². The van der Waals surface area contributed by atoms with Crippen molar-refractivity contribution in [2.24, 2.45) is 17.8 Å². The van der Waals surface area contributed by atoms with Crippen LogP contribution in [0.2, 0.25) is 0 Å². The highest BCUT2D eigenvalue weighted by Gasteiger charge is 2.37. The van der Waals surface area contributed by atoms with Crippen LogP contribution in [-0.4, -0.2) is 46.6 Å². The molecule has 1 aliphatic carbocycles. The third-order valence-electron chi connectivity index (χ3n) is 7.72. The minimum Gasteiger partial charge on any atom is -0.355 e. The number of carbonyl (C=O) groups excluding carboxylic acids is 1. The third-order valence-corrected chi connectivity index (χ3v) is 7.72. The minimum atomic E-state index is 0.181. The van der Waals surface area contributed by atoms with Crippen molar-refractivity contribution in [3.63, 3.8) is 0 Å². The molecule has 0 bridgehead atoms. The van der Waals surface area contributed by atoms with Gasteiger partial charge in [-0.05, 0) is 24.8 Å². The molecule has 1 unspecified atom stereocenters. The van der Waals surface area contributed by atoms with Crippen LogP contribution in [0.4, 0.5) is 5.82 Å². The average Bonchev–Trinajstić information content (AvgIpc) is 3.08. The van der Waals surface area contributed by atoms with Gasteiger partial charge in [0.25, 0.3) is 0 Å². The Morgan fingerprint density at radius 3 is 2.80 bits per heavy atom. The number of carbonyl (C=O) groups is 1. The van der Waals surface area contributed by atoms with Gasteiger partial charge in [-0.2, -0.15) is 9.61 Å². The van der Waals surface area contributed by atoms with Crippen molar-refractivity contribution in [2.75, 3.05) is 31.1 Å². The first-order valence-corrected chi connectivity index (χ1v) is 12.1. The number of rotatable bonds is 6. The number of hydrogen-bond acceptors (Lipinski definition) is 5. The van der Waals surface area contributed by atoms with E-state index in [0.717, 1.165) is 63.4 Å². The Balaban J connectivity index is 1.29. The van der Waals surface area contributed by atoms with Crippen molar-refractivity contribution in [3.05, 3.63) is 23.5 Å². The van der Waals surface area contributed by atoms with Gasteiger partial charge in [-0.3, -0.25) is 4.79 Å². The summed E-state index contributed by atoms with van der Waals surface area (Å²) in [6, 6.07) is 1.99. The Labute approximate surface area is 179 Å². The van der Waals surface area contributed by atoms with E-state index in [1.165, 1.54) is 49.2 Å². The molecule has 1 atom stereocenters. The standard InChI is InChI=1S/C24H35N5O/c1-2-17(18-6-4-3-5-7-18)14-22(30)19-15-28(16-19)24-20-8-11-25-12-9-21(20)27-23-10-13-26-29(23)24/h10,13,17-19,25H,2-9,11-12,14-16H2,1H3. The molecule has 6 nitrogen and oxygen atoms in total. The van der Waals surface area contributed by atoms with Crippen LogP contribution >= 0.6 is 0 Å². The normalized spacial score (nSPS) is 21.8. The van der Waals surface area contributed by atoms with Gasteiger partial charge >= 0.3 is 0 Å². The molecular weight excluding hydrogens is 374 g/mol. The molecule has 2 fully saturated rings. The number of nitrogens with one attached hydrogen (secondary N) is 1. The molecule has 162 valence electrons. The summed E-state index contributed by atoms with van der Waals surface area (Å²) in [5, 5.41) is 8.05. The molecule has 1 N–H and O–H groups in total. The molecular formula is C24H35N5O. The van der Waals surface area contributed by atoms with Gasteiger partial charge in [0, 0.05) is 44.1 Å². The lowest BCUT2D eigenvalue weighted by Crippen LogP contribution is -2.52. The van der Waals surface area contributed by atoms with Gasteiger partial charge in [-0.15, -0.1) is 0 Å². The molecule has 2 aliphatic heterocycles. The predicted octanol–water partition coefficient (Wildman–Crippen LogP) is 3.42. The fourth-order valence-electron chi connectivity index (χ4n) is 5.87. The SMILES string of the molecule is CCC(CC(=O)C1CN(c2c3c(nc4ccnn24)CCNCC3)C1)C1CCCCC1. The number of fused-ring (bicyclic) bond motifs is 2. The van der Waals surface area contributed by atoms with Gasteiger partial charge in [0.2, 0.25) is 0 Å². The van der Waals surface area contributed by atoms with Gasteiger partial charge in [0.15, 0.2) is 5.65 Å². The Bertz CT molecular complexity index is 894. The van der Waals surface area contributed by atoms with Crippen molar-refractivity contribution >= 4 is 17.2 Å². The molecule has 5 rings (SSSR count). The topological polar surface area (TPSA) is 62.5 Å².